The van der Waals surface area contributed by atoms with Gasteiger partial charge in [0.05, 0.1) is 4.90 Å². The summed E-state index contributed by atoms with van der Waals surface area (Å²) in [7, 11) is -0.251. The van der Waals surface area contributed by atoms with Crippen LogP contribution in [-0.2, 0) is 10.0 Å². The van der Waals surface area contributed by atoms with Crippen LogP contribution in [0.25, 0.3) is 0 Å². The van der Waals surface area contributed by atoms with Crippen molar-refractivity contribution in [2.75, 3.05) is 19.4 Å². The first-order valence-electron chi connectivity index (χ1n) is 6.68. The van der Waals surface area contributed by atoms with Gasteiger partial charge in [-0.15, -0.1) is 0 Å². The molecule has 1 N–H and O–H groups in total. The van der Waals surface area contributed by atoms with Gasteiger partial charge in [-0.25, -0.2) is 12.7 Å². The van der Waals surface area contributed by atoms with E-state index in [9.17, 15) is 8.42 Å². The van der Waals surface area contributed by atoms with Crippen molar-refractivity contribution < 1.29 is 8.42 Å². The maximum absolute atomic E-state index is 12.1. The highest BCUT2D eigenvalue weighted by atomic mass is 32.2. The number of nitrogens with zero attached hydrogens (tertiary/aromatic N) is 1. The molecule has 1 aromatic carbocycles. The summed E-state index contributed by atoms with van der Waals surface area (Å²) in [6.07, 6.45) is 3.56. The van der Waals surface area contributed by atoms with Crippen LogP contribution in [0.1, 0.15) is 26.2 Å². The second kappa shape index (κ2) is 5.51. The van der Waals surface area contributed by atoms with Crippen molar-refractivity contribution in [1.29, 1.82) is 0 Å². The maximum atomic E-state index is 12.1. The SMILES string of the molecule is CC1CCC(Nc2cccc(S(=O)(=O)N(C)C)c2)C1. The quantitative estimate of drug-likeness (QED) is 0.923. The summed E-state index contributed by atoms with van der Waals surface area (Å²) < 4.78 is 25.4. The summed E-state index contributed by atoms with van der Waals surface area (Å²) in [4.78, 5) is 0.341. The van der Waals surface area contributed by atoms with Crippen LogP contribution in [0.3, 0.4) is 0 Å². The van der Waals surface area contributed by atoms with E-state index in [0.29, 0.717) is 10.9 Å². The standard InChI is InChI=1S/C14H22N2O2S/c1-11-7-8-13(9-11)15-12-5-4-6-14(10-12)19(17,18)16(2)3/h4-6,10-11,13,15H,7-9H2,1-3H3. The molecule has 1 aliphatic rings. The molecule has 0 aliphatic heterocycles. The molecule has 2 rings (SSSR count). The van der Waals surface area contributed by atoms with Crippen molar-refractivity contribution >= 4 is 15.7 Å². The van der Waals surface area contributed by atoms with E-state index >= 15 is 0 Å². The minimum absolute atomic E-state index is 0.341. The third-order valence-corrected chi connectivity index (χ3v) is 5.49. The van der Waals surface area contributed by atoms with E-state index in [2.05, 4.69) is 12.2 Å². The van der Waals surface area contributed by atoms with Crippen LogP contribution in [0.2, 0.25) is 0 Å². The third-order valence-electron chi connectivity index (χ3n) is 3.68. The number of benzene rings is 1. The largest absolute Gasteiger partial charge is 0.382 e. The Hall–Kier alpha value is -1.07. The minimum atomic E-state index is -3.35. The van der Waals surface area contributed by atoms with Gasteiger partial charge in [-0.1, -0.05) is 13.0 Å². The van der Waals surface area contributed by atoms with Crippen molar-refractivity contribution in [3.63, 3.8) is 0 Å². The lowest BCUT2D eigenvalue weighted by atomic mass is 10.1. The lowest BCUT2D eigenvalue weighted by molar-refractivity contribution is 0.520. The Morgan fingerprint density at radius 3 is 2.58 bits per heavy atom. The predicted octanol–water partition coefficient (Wildman–Crippen LogP) is 2.54. The normalized spacial score (nSPS) is 23.8. The first kappa shape index (κ1) is 14.3. The number of sulfonamides is 1. The molecule has 0 bridgehead atoms. The average molecular weight is 282 g/mol. The molecule has 4 nitrogen and oxygen atoms in total. The van der Waals surface area contributed by atoms with Gasteiger partial charge in [0.2, 0.25) is 10.0 Å². The van der Waals surface area contributed by atoms with Crippen molar-refractivity contribution in [2.45, 2.75) is 37.1 Å². The maximum Gasteiger partial charge on any atom is 0.242 e. The third kappa shape index (κ3) is 3.28. The summed E-state index contributed by atoms with van der Waals surface area (Å²) in [5.41, 5.74) is 0.891. The Bertz CT molecular complexity index is 540. The summed E-state index contributed by atoms with van der Waals surface area (Å²) in [5, 5.41) is 3.44. The summed E-state index contributed by atoms with van der Waals surface area (Å²) in [6, 6.07) is 7.54. The van der Waals surface area contributed by atoms with Crippen molar-refractivity contribution in [2.24, 2.45) is 5.92 Å². The molecule has 2 unspecified atom stereocenters. The number of nitrogens with one attached hydrogen (secondary N) is 1. The first-order valence-corrected chi connectivity index (χ1v) is 8.12. The molecule has 0 radical (unpaired) electrons. The second-order valence-corrected chi connectivity index (χ2v) is 7.73. The molecule has 0 amide bonds. The molecule has 0 heterocycles. The zero-order valence-corrected chi connectivity index (χ0v) is 12.6. The van der Waals surface area contributed by atoms with Crippen LogP contribution in [-0.4, -0.2) is 32.9 Å². The van der Waals surface area contributed by atoms with Gasteiger partial charge in [-0.3, -0.25) is 0 Å². The molecular weight excluding hydrogens is 260 g/mol. The molecule has 1 aromatic rings. The van der Waals surface area contributed by atoms with Gasteiger partial charge in [0.1, 0.15) is 0 Å². The van der Waals surface area contributed by atoms with Crippen molar-refractivity contribution in [3.8, 4) is 0 Å². The molecule has 0 spiro atoms. The summed E-state index contributed by atoms with van der Waals surface area (Å²) in [5.74, 6) is 0.756. The molecule has 5 heteroatoms. The van der Waals surface area contributed by atoms with Crippen LogP contribution in [0.15, 0.2) is 29.2 Å². The number of hydrogen-bond acceptors (Lipinski definition) is 3. The Morgan fingerprint density at radius 1 is 1.26 bits per heavy atom. The van der Waals surface area contributed by atoms with E-state index in [1.165, 1.54) is 10.7 Å². The number of rotatable bonds is 4. The number of hydrogen-bond donors (Lipinski definition) is 1. The van der Waals surface area contributed by atoms with E-state index in [4.69, 9.17) is 0 Å². The Labute approximate surface area is 115 Å². The molecule has 2 atom stereocenters. The van der Waals surface area contributed by atoms with Gasteiger partial charge in [-0.2, -0.15) is 0 Å². The summed E-state index contributed by atoms with van der Waals surface area (Å²) in [6.45, 7) is 2.26. The fraction of sp³-hybridized carbons (Fsp3) is 0.571. The molecule has 1 fully saturated rings. The van der Waals surface area contributed by atoms with Crippen molar-refractivity contribution in [1.82, 2.24) is 4.31 Å². The highest BCUT2D eigenvalue weighted by molar-refractivity contribution is 7.89. The lowest BCUT2D eigenvalue weighted by Gasteiger charge is -2.16. The zero-order valence-electron chi connectivity index (χ0n) is 11.8. The molecule has 106 valence electrons. The predicted molar refractivity (Wildman–Crippen MR) is 77.7 cm³/mol. The van der Waals surface area contributed by atoms with E-state index in [-0.39, 0.29) is 0 Å². The molecule has 0 saturated heterocycles. The van der Waals surface area contributed by atoms with Gasteiger partial charge in [0.25, 0.3) is 0 Å². The molecular formula is C14H22N2O2S. The van der Waals surface area contributed by atoms with Crippen LogP contribution >= 0.6 is 0 Å². The topological polar surface area (TPSA) is 49.4 Å². The number of anilines is 1. The average Bonchev–Trinajstić information content (AvgIpc) is 2.75. The fourth-order valence-electron chi connectivity index (χ4n) is 2.53. The van der Waals surface area contributed by atoms with Crippen LogP contribution in [0, 0.1) is 5.92 Å². The van der Waals surface area contributed by atoms with Crippen LogP contribution < -0.4 is 5.32 Å². The van der Waals surface area contributed by atoms with Gasteiger partial charge in [0.15, 0.2) is 0 Å². The monoisotopic (exact) mass is 282 g/mol. The molecule has 0 aromatic heterocycles. The van der Waals surface area contributed by atoms with E-state index in [1.54, 1.807) is 32.3 Å². The van der Waals surface area contributed by atoms with E-state index in [0.717, 1.165) is 24.4 Å². The Morgan fingerprint density at radius 2 is 2.00 bits per heavy atom. The van der Waals surface area contributed by atoms with Gasteiger partial charge < -0.3 is 5.32 Å². The zero-order chi connectivity index (χ0) is 14.0. The van der Waals surface area contributed by atoms with Gasteiger partial charge in [-0.05, 0) is 43.4 Å². The fourth-order valence-corrected chi connectivity index (χ4v) is 3.48. The van der Waals surface area contributed by atoms with E-state index < -0.39 is 10.0 Å². The first-order chi connectivity index (χ1) is 8.89. The van der Waals surface area contributed by atoms with Gasteiger partial charge in [0, 0.05) is 25.8 Å². The van der Waals surface area contributed by atoms with Crippen LogP contribution in [0.4, 0.5) is 5.69 Å². The highest BCUT2D eigenvalue weighted by Gasteiger charge is 2.22. The Balaban J connectivity index is 2.16. The Kier molecular flexibility index (Phi) is 4.16. The minimum Gasteiger partial charge on any atom is -0.382 e. The smallest absolute Gasteiger partial charge is 0.242 e. The molecule has 1 saturated carbocycles. The highest BCUT2D eigenvalue weighted by Crippen LogP contribution is 2.28. The van der Waals surface area contributed by atoms with Crippen LogP contribution in [0.5, 0.6) is 0 Å². The lowest BCUT2D eigenvalue weighted by Crippen LogP contribution is -2.22. The molecule has 19 heavy (non-hydrogen) atoms. The van der Waals surface area contributed by atoms with Gasteiger partial charge >= 0.3 is 0 Å². The van der Waals surface area contributed by atoms with Crippen molar-refractivity contribution in [3.05, 3.63) is 24.3 Å². The van der Waals surface area contributed by atoms with E-state index in [1.807, 2.05) is 6.07 Å². The summed E-state index contributed by atoms with van der Waals surface area (Å²) >= 11 is 0. The molecule has 1 aliphatic carbocycles. The second-order valence-electron chi connectivity index (χ2n) is 5.57.